The molecule has 0 radical (unpaired) electrons. The zero-order valence-corrected chi connectivity index (χ0v) is 17.6. The van der Waals surface area contributed by atoms with E-state index < -0.39 is 17.7 Å². The van der Waals surface area contributed by atoms with Crippen LogP contribution in [0.4, 0.5) is 5.69 Å². The maximum Gasteiger partial charge on any atom is 0.300 e. The van der Waals surface area contributed by atoms with Crippen LogP contribution in [0.15, 0.2) is 75.1 Å². The summed E-state index contributed by atoms with van der Waals surface area (Å²) in [4.78, 5) is 27.3. The molecular formula is C22H15BrClNO4. The number of rotatable bonds is 3. The molecule has 1 unspecified atom stereocenters. The van der Waals surface area contributed by atoms with Crippen LogP contribution in [0.5, 0.6) is 0 Å². The maximum atomic E-state index is 13.0. The van der Waals surface area contributed by atoms with Crippen molar-refractivity contribution in [1.29, 1.82) is 0 Å². The summed E-state index contributed by atoms with van der Waals surface area (Å²) in [6.45, 7) is 1.77. The average molecular weight is 473 g/mol. The summed E-state index contributed by atoms with van der Waals surface area (Å²) in [5.74, 6) is -0.831. The lowest BCUT2D eigenvalue weighted by atomic mass is 9.99. The number of aliphatic hydroxyl groups is 1. The molecule has 146 valence electrons. The van der Waals surface area contributed by atoms with Crippen molar-refractivity contribution in [3.8, 4) is 0 Å². The summed E-state index contributed by atoms with van der Waals surface area (Å²) < 4.78 is 6.51. The predicted molar refractivity (Wildman–Crippen MR) is 114 cm³/mol. The minimum atomic E-state index is -0.906. The van der Waals surface area contributed by atoms with E-state index in [1.807, 2.05) is 6.07 Å². The van der Waals surface area contributed by atoms with Gasteiger partial charge in [-0.2, -0.15) is 0 Å². The van der Waals surface area contributed by atoms with Crippen LogP contribution in [0.1, 0.15) is 23.1 Å². The molecule has 29 heavy (non-hydrogen) atoms. The van der Waals surface area contributed by atoms with E-state index in [4.69, 9.17) is 16.0 Å². The van der Waals surface area contributed by atoms with Crippen LogP contribution in [-0.2, 0) is 9.59 Å². The monoisotopic (exact) mass is 471 g/mol. The smallest absolute Gasteiger partial charge is 0.300 e. The van der Waals surface area contributed by atoms with Gasteiger partial charge >= 0.3 is 0 Å². The molecule has 1 amide bonds. The van der Waals surface area contributed by atoms with E-state index in [0.717, 1.165) is 4.47 Å². The van der Waals surface area contributed by atoms with E-state index >= 15 is 0 Å². The van der Waals surface area contributed by atoms with Gasteiger partial charge in [-0.25, -0.2) is 0 Å². The number of halogens is 2. The van der Waals surface area contributed by atoms with Crippen molar-refractivity contribution in [1.82, 2.24) is 0 Å². The van der Waals surface area contributed by atoms with Crippen LogP contribution in [0.2, 0.25) is 5.02 Å². The molecule has 0 bridgehead atoms. The van der Waals surface area contributed by atoms with Crippen LogP contribution in [0.25, 0.3) is 5.76 Å². The Morgan fingerprint density at radius 1 is 1.10 bits per heavy atom. The van der Waals surface area contributed by atoms with Gasteiger partial charge in [-0.3, -0.25) is 14.5 Å². The van der Waals surface area contributed by atoms with Gasteiger partial charge in [0.25, 0.3) is 11.7 Å². The fourth-order valence-corrected chi connectivity index (χ4v) is 3.96. The van der Waals surface area contributed by atoms with Crippen LogP contribution >= 0.6 is 27.5 Å². The second-order valence-electron chi connectivity index (χ2n) is 6.61. The average Bonchev–Trinajstić information content (AvgIpc) is 3.23. The Balaban J connectivity index is 1.95. The first-order valence-electron chi connectivity index (χ1n) is 8.75. The van der Waals surface area contributed by atoms with Gasteiger partial charge in [0.15, 0.2) is 0 Å². The molecule has 0 spiro atoms. The fourth-order valence-electron chi connectivity index (χ4n) is 3.39. The number of amides is 1. The lowest BCUT2D eigenvalue weighted by molar-refractivity contribution is -0.132. The van der Waals surface area contributed by atoms with E-state index in [2.05, 4.69) is 15.9 Å². The Hall–Kier alpha value is -2.83. The summed E-state index contributed by atoms with van der Waals surface area (Å²) in [5, 5.41) is 11.4. The lowest BCUT2D eigenvalue weighted by Crippen LogP contribution is -2.29. The SMILES string of the molecule is Cc1ccc(C2/C(=C(/O)c3cccc(Cl)c3)C(=O)C(=O)N2c2cccc(Br)c2)o1. The molecule has 1 saturated heterocycles. The number of hydrogen-bond donors (Lipinski definition) is 1. The van der Waals surface area contributed by atoms with Crippen molar-refractivity contribution < 1.29 is 19.1 Å². The molecule has 4 rings (SSSR count). The Morgan fingerprint density at radius 3 is 2.52 bits per heavy atom. The number of benzene rings is 2. The first-order valence-corrected chi connectivity index (χ1v) is 9.93. The fraction of sp³-hybridized carbons (Fsp3) is 0.0909. The molecule has 1 fully saturated rings. The molecule has 2 heterocycles. The number of carbonyl (C=O) groups is 2. The molecule has 2 aromatic carbocycles. The number of Topliss-reactive ketones (excluding diaryl/α,β-unsaturated/α-hetero) is 1. The van der Waals surface area contributed by atoms with Gasteiger partial charge in [-0.1, -0.05) is 45.7 Å². The van der Waals surface area contributed by atoms with Crippen LogP contribution in [-0.4, -0.2) is 16.8 Å². The van der Waals surface area contributed by atoms with Crippen molar-refractivity contribution in [2.24, 2.45) is 0 Å². The van der Waals surface area contributed by atoms with E-state index in [1.165, 1.54) is 11.0 Å². The number of carbonyl (C=O) groups excluding carboxylic acids is 2. The van der Waals surface area contributed by atoms with Gasteiger partial charge in [-0.15, -0.1) is 0 Å². The number of anilines is 1. The third kappa shape index (κ3) is 3.50. The molecule has 5 nitrogen and oxygen atoms in total. The van der Waals surface area contributed by atoms with Crippen LogP contribution in [0.3, 0.4) is 0 Å². The van der Waals surface area contributed by atoms with E-state index in [1.54, 1.807) is 55.5 Å². The van der Waals surface area contributed by atoms with Gasteiger partial charge in [0.2, 0.25) is 0 Å². The highest BCUT2D eigenvalue weighted by Crippen LogP contribution is 2.43. The third-order valence-electron chi connectivity index (χ3n) is 4.66. The molecule has 0 saturated carbocycles. The number of ketones is 1. The van der Waals surface area contributed by atoms with Crippen LogP contribution in [0, 0.1) is 6.92 Å². The Bertz CT molecular complexity index is 1170. The zero-order chi connectivity index (χ0) is 20.7. The van der Waals surface area contributed by atoms with Crippen molar-refractivity contribution in [2.75, 3.05) is 4.90 Å². The van der Waals surface area contributed by atoms with Gasteiger partial charge in [0.05, 0.1) is 5.57 Å². The quantitative estimate of drug-likeness (QED) is 0.305. The van der Waals surface area contributed by atoms with E-state index in [0.29, 0.717) is 27.8 Å². The van der Waals surface area contributed by atoms with Gasteiger partial charge < -0.3 is 9.52 Å². The standard InChI is InChI=1S/C22H15BrClNO4/c1-12-8-9-17(29-12)19-18(20(26)13-4-2-6-15(24)10-13)21(27)22(28)25(19)16-7-3-5-14(23)11-16/h2-11,19,26H,1H3/b20-18-. The molecule has 1 aliphatic rings. The highest BCUT2D eigenvalue weighted by atomic mass is 79.9. The van der Waals surface area contributed by atoms with Gasteiger partial charge in [0, 0.05) is 20.7 Å². The van der Waals surface area contributed by atoms with Crippen molar-refractivity contribution in [2.45, 2.75) is 13.0 Å². The minimum Gasteiger partial charge on any atom is -0.507 e. The normalized spacial score (nSPS) is 18.4. The molecule has 0 aliphatic carbocycles. The number of hydrogen-bond acceptors (Lipinski definition) is 4. The third-order valence-corrected chi connectivity index (χ3v) is 5.39. The minimum absolute atomic E-state index is 0.0495. The summed E-state index contributed by atoms with van der Waals surface area (Å²) in [5.41, 5.74) is 0.801. The number of furan rings is 1. The van der Waals surface area contributed by atoms with E-state index in [-0.39, 0.29) is 11.3 Å². The first-order chi connectivity index (χ1) is 13.9. The number of nitrogens with zero attached hydrogens (tertiary/aromatic N) is 1. The molecule has 1 N–H and O–H groups in total. The second kappa shape index (κ2) is 7.54. The number of aryl methyl sites for hydroxylation is 1. The maximum absolute atomic E-state index is 13.0. The molecule has 1 atom stereocenters. The van der Waals surface area contributed by atoms with Crippen molar-refractivity contribution in [3.05, 3.63) is 92.8 Å². The summed E-state index contributed by atoms with van der Waals surface area (Å²) in [7, 11) is 0. The lowest BCUT2D eigenvalue weighted by Gasteiger charge is -2.23. The topological polar surface area (TPSA) is 70.8 Å². The van der Waals surface area contributed by atoms with E-state index in [9.17, 15) is 14.7 Å². The first kappa shape index (κ1) is 19.5. The summed E-state index contributed by atoms with van der Waals surface area (Å²) in [6, 6.07) is 16.0. The second-order valence-corrected chi connectivity index (χ2v) is 7.96. The molecule has 7 heteroatoms. The summed E-state index contributed by atoms with van der Waals surface area (Å²) >= 11 is 9.43. The number of aliphatic hydroxyl groups excluding tert-OH is 1. The highest BCUT2D eigenvalue weighted by Gasteiger charge is 2.48. The van der Waals surface area contributed by atoms with Crippen molar-refractivity contribution in [3.63, 3.8) is 0 Å². The predicted octanol–water partition coefficient (Wildman–Crippen LogP) is 5.63. The van der Waals surface area contributed by atoms with Crippen LogP contribution < -0.4 is 4.90 Å². The van der Waals surface area contributed by atoms with Gasteiger partial charge in [-0.05, 0) is 49.4 Å². The molecule has 1 aromatic heterocycles. The molecule has 3 aromatic rings. The van der Waals surface area contributed by atoms with Gasteiger partial charge in [0.1, 0.15) is 23.3 Å². The highest BCUT2D eigenvalue weighted by molar-refractivity contribution is 9.10. The molecule has 1 aliphatic heterocycles. The largest absolute Gasteiger partial charge is 0.507 e. The summed E-state index contributed by atoms with van der Waals surface area (Å²) in [6.07, 6.45) is 0. The Labute approximate surface area is 180 Å². The zero-order valence-electron chi connectivity index (χ0n) is 15.2. The van der Waals surface area contributed by atoms with Crippen molar-refractivity contribution >= 4 is 50.7 Å². The molecular weight excluding hydrogens is 458 g/mol. The Morgan fingerprint density at radius 2 is 1.86 bits per heavy atom. The Kier molecular flexibility index (Phi) is 5.06.